The molecule has 8 unspecified atom stereocenters. The van der Waals surface area contributed by atoms with Gasteiger partial charge in [0.25, 0.3) is 0 Å². The van der Waals surface area contributed by atoms with Crippen LogP contribution < -0.4 is 10.6 Å². The number of carbonyl (C=O) groups is 1. The molecule has 0 radical (unpaired) electrons. The van der Waals surface area contributed by atoms with Crippen molar-refractivity contribution >= 4 is 5.91 Å². The van der Waals surface area contributed by atoms with Crippen LogP contribution in [-0.4, -0.2) is 97.8 Å². The Morgan fingerprint density at radius 3 is 2.12 bits per heavy atom. The fraction of sp³-hybridized carbons (Fsp3) is 0.872. The molecule has 3 saturated carbocycles. The van der Waals surface area contributed by atoms with Crippen molar-refractivity contribution in [1.82, 2.24) is 5.32 Å². The Hall–Kier alpha value is -1.59. The number of hydrogen-bond acceptors (Lipinski definition) is 10. The number of amides is 1. The highest BCUT2D eigenvalue weighted by molar-refractivity contribution is 5.75. The van der Waals surface area contributed by atoms with Gasteiger partial charge in [-0.2, -0.15) is 0 Å². The highest BCUT2D eigenvalue weighted by atomic mass is 17.5. The van der Waals surface area contributed by atoms with E-state index in [4.69, 9.17) is 39.7 Å². The third-order valence-corrected chi connectivity index (χ3v) is 12.4. The van der Waals surface area contributed by atoms with E-state index in [1.807, 2.05) is 0 Å². The summed E-state index contributed by atoms with van der Waals surface area (Å²) >= 11 is 0. The van der Waals surface area contributed by atoms with Gasteiger partial charge < -0.3 is 39.0 Å². The van der Waals surface area contributed by atoms with Gasteiger partial charge in [-0.3, -0.25) is 9.83 Å². The van der Waals surface area contributed by atoms with E-state index in [-0.39, 0.29) is 17.4 Å². The van der Waals surface area contributed by atoms with Crippen LogP contribution in [0.4, 0.5) is 0 Å². The van der Waals surface area contributed by atoms with Crippen LogP contribution in [0, 0.1) is 52.8 Å². The Bertz CT molecular complexity index is 1070. The van der Waals surface area contributed by atoms with Gasteiger partial charge in [-0.1, -0.05) is 38.3 Å². The third-order valence-electron chi connectivity index (χ3n) is 12.4. The van der Waals surface area contributed by atoms with Crippen LogP contribution >= 0.6 is 0 Å². The zero-order valence-electron chi connectivity index (χ0n) is 31.0. The molecule has 0 aromatic carbocycles. The summed E-state index contributed by atoms with van der Waals surface area (Å²) in [5, 5.41) is 17.4. The van der Waals surface area contributed by atoms with Gasteiger partial charge in [-0.25, -0.2) is 4.89 Å². The van der Waals surface area contributed by atoms with Gasteiger partial charge in [0.05, 0.1) is 78.8 Å². The van der Waals surface area contributed by atoms with Crippen LogP contribution in [0.25, 0.3) is 0 Å². The van der Waals surface area contributed by atoms with E-state index in [1.54, 1.807) is 0 Å². The van der Waals surface area contributed by atoms with Gasteiger partial charge in [-0.15, -0.1) is 6.42 Å². The largest absolute Gasteiger partial charge is 0.692 e. The fourth-order valence-electron chi connectivity index (χ4n) is 9.88. The maximum absolute atomic E-state index is 12.7. The number of ether oxygens (including phenoxy) is 6. The second kappa shape index (κ2) is 21.8. The molecule has 0 spiro atoms. The number of rotatable bonds is 25. The summed E-state index contributed by atoms with van der Waals surface area (Å²) < 4.78 is 32.6. The molecule has 4 rings (SSSR count). The minimum Gasteiger partial charge on any atom is -0.692 e. The molecule has 286 valence electrons. The van der Waals surface area contributed by atoms with Crippen molar-refractivity contribution in [3.8, 4) is 12.3 Å². The monoisotopic (exact) mass is 706 g/mol. The molecule has 4 aliphatic rings. The first-order valence-electron chi connectivity index (χ1n) is 19.1. The average Bonchev–Trinajstić information content (AvgIpc) is 3.47. The van der Waals surface area contributed by atoms with Gasteiger partial charge in [0, 0.05) is 13.0 Å². The zero-order valence-corrected chi connectivity index (χ0v) is 31.0. The van der Waals surface area contributed by atoms with E-state index in [0.29, 0.717) is 115 Å². The minimum atomic E-state index is -0.109. The normalized spacial score (nSPS) is 30.9. The Morgan fingerprint density at radius 2 is 1.50 bits per heavy atom. The van der Waals surface area contributed by atoms with Crippen LogP contribution in [0.2, 0.25) is 0 Å². The predicted molar refractivity (Wildman–Crippen MR) is 186 cm³/mol. The lowest BCUT2D eigenvalue weighted by atomic mass is 9.47. The topological polar surface area (TPSA) is 126 Å². The molecule has 0 aromatic rings. The molecule has 3 fully saturated rings. The average molecular weight is 707 g/mol. The molecule has 0 aliphatic heterocycles. The minimum absolute atomic E-state index is 0.109. The fourth-order valence-corrected chi connectivity index (χ4v) is 9.88. The predicted octanol–water partition coefficient (Wildman–Crippen LogP) is 4.42. The molecule has 0 aromatic heterocycles. The van der Waals surface area contributed by atoms with E-state index in [2.05, 4.69) is 43.1 Å². The van der Waals surface area contributed by atoms with Crippen LogP contribution in [0.3, 0.4) is 0 Å². The summed E-state index contributed by atoms with van der Waals surface area (Å²) in [6.45, 7) is 13.7. The molecule has 50 heavy (non-hydrogen) atoms. The smallest absolute Gasteiger partial charge is 0.220 e. The SMILES string of the molecule is C#CCOCCOCCOCCOCCOCCOCCNC(=O)CCC(C)C1CCC2C3CC=C4CC(OO[O-])CCC4(C)C3CCC12C. The van der Waals surface area contributed by atoms with E-state index in [9.17, 15) is 10.1 Å². The lowest BCUT2D eigenvalue weighted by Crippen LogP contribution is -2.51. The van der Waals surface area contributed by atoms with Crippen LogP contribution in [0.15, 0.2) is 11.6 Å². The summed E-state index contributed by atoms with van der Waals surface area (Å²) in [5.74, 6) is 5.90. The van der Waals surface area contributed by atoms with E-state index >= 15 is 0 Å². The summed E-state index contributed by atoms with van der Waals surface area (Å²) in [6.07, 6.45) is 18.0. The number of carbonyl (C=O) groups excluding carboxylic acids is 1. The number of hydrogen-bond donors (Lipinski definition) is 1. The van der Waals surface area contributed by atoms with Crippen molar-refractivity contribution in [1.29, 1.82) is 0 Å². The van der Waals surface area contributed by atoms with Gasteiger partial charge in [0.15, 0.2) is 0 Å². The summed E-state index contributed by atoms with van der Waals surface area (Å²) in [4.78, 5) is 17.7. The van der Waals surface area contributed by atoms with Gasteiger partial charge >= 0.3 is 0 Å². The van der Waals surface area contributed by atoms with Crippen molar-refractivity contribution in [3.05, 3.63) is 11.6 Å². The number of nitrogens with one attached hydrogen (secondary N) is 1. The van der Waals surface area contributed by atoms with E-state index in [1.165, 1.54) is 31.3 Å². The number of allylic oxidation sites excluding steroid dienone is 1. The maximum Gasteiger partial charge on any atom is 0.220 e. The molecule has 1 amide bonds. The number of fused-ring (bicyclic) bond motifs is 5. The van der Waals surface area contributed by atoms with Gasteiger partial charge in [0.2, 0.25) is 5.91 Å². The molecule has 4 aliphatic carbocycles. The highest BCUT2D eigenvalue weighted by Gasteiger charge is 2.59. The third kappa shape index (κ3) is 11.7. The molecule has 11 nitrogen and oxygen atoms in total. The van der Waals surface area contributed by atoms with Crippen LogP contribution in [-0.2, 0) is 43.1 Å². The van der Waals surface area contributed by atoms with Crippen molar-refractivity contribution in [2.45, 2.75) is 91.1 Å². The Morgan fingerprint density at radius 1 is 0.880 bits per heavy atom. The van der Waals surface area contributed by atoms with Crippen molar-refractivity contribution in [2.75, 3.05) is 85.8 Å². The molecule has 11 heteroatoms. The number of terminal acetylenes is 1. The Balaban J connectivity index is 0.994. The highest BCUT2D eigenvalue weighted by Crippen LogP contribution is 2.67. The lowest BCUT2D eigenvalue weighted by molar-refractivity contribution is -0.805. The maximum atomic E-state index is 12.7. The summed E-state index contributed by atoms with van der Waals surface area (Å²) in [7, 11) is 0. The molecule has 0 heterocycles. The Labute approximate surface area is 300 Å². The standard InChI is InChI=1S/C39H65NO10/c1-5-17-43-19-21-45-23-25-47-27-28-48-26-24-46-22-20-44-18-16-40-37(41)11-6-30(2)34-9-10-35-33-8-7-31-29-32(49-50-42)12-14-38(31,3)36(33)13-15-39(34,35)4/h1,7,30,32-36,42H,6,8-29H2,2-4H3,(H,40,41)/p-1. The quantitative estimate of drug-likeness (QED) is 0.0480. The van der Waals surface area contributed by atoms with E-state index < -0.39 is 0 Å². The molecule has 0 saturated heterocycles. The van der Waals surface area contributed by atoms with Gasteiger partial charge in [-0.05, 0) is 98.2 Å². The van der Waals surface area contributed by atoms with Crippen LogP contribution in [0.5, 0.6) is 0 Å². The molecular weight excluding hydrogens is 642 g/mol. The second-order valence-electron chi connectivity index (χ2n) is 15.2. The first-order chi connectivity index (χ1) is 24.3. The molecule has 0 bridgehead atoms. The molecular formula is C39H64NO10-. The summed E-state index contributed by atoms with van der Waals surface area (Å²) in [5.41, 5.74) is 2.05. The first kappa shape index (κ1) is 41.2. The van der Waals surface area contributed by atoms with E-state index in [0.717, 1.165) is 43.9 Å². The van der Waals surface area contributed by atoms with Crippen LogP contribution in [0.1, 0.15) is 85.0 Å². The summed E-state index contributed by atoms with van der Waals surface area (Å²) in [6, 6.07) is 0. The van der Waals surface area contributed by atoms with Gasteiger partial charge in [0.1, 0.15) is 6.61 Å². The van der Waals surface area contributed by atoms with Crippen molar-refractivity contribution in [2.24, 2.45) is 40.4 Å². The second-order valence-corrected chi connectivity index (χ2v) is 15.2. The van der Waals surface area contributed by atoms with Crippen molar-refractivity contribution in [3.63, 3.8) is 0 Å². The first-order valence-corrected chi connectivity index (χ1v) is 19.1. The molecule has 1 N–H and O–H groups in total. The molecule has 8 atom stereocenters. The Kier molecular flexibility index (Phi) is 18.0. The van der Waals surface area contributed by atoms with Crippen molar-refractivity contribution < 1.29 is 48.4 Å². The lowest BCUT2D eigenvalue weighted by Gasteiger charge is -2.58. The zero-order chi connectivity index (χ0) is 35.7.